The number of amides is 1. The van der Waals surface area contributed by atoms with Crippen molar-refractivity contribution in [1.29, 1.82) is 0 Å². The second kappa shape index (κ2) is 7.97. The van der Waals surface area contributed by atoms with Crippen LogP contribution in [0, 0.1) is 0 Å². The summed E-state index contributed by atoms with van der Waals surface area (Å²) in [5.74, 6) is -0.801. The molecule has 9 heteroatoms. The lowest BCUT2D eigenvalue weighted by Gasteiger charge is -2.28. The minimum atomic E-state index is -3.77. The fourth-order valence-corrected chi connectivity index (χ4v) is 6.40. The number of anilines is 1. The molecule has 1 unspecified atom stereocenters. The van der Waals surface area contributed by atoms with Crippen LogP contribution in [-0.2, 0) is 20.4 Å². The van der Waals surface area contributed by atoms with Crippen LogP contribution in [0.25, 0.3) is 11.0 Å². The molecule has 1 aliphatic carbocycles. The van der Waals surface area contributed by atoms with Gasteiger partial charge in [-0.15, -0.1) is 0 Å². The van der Waals surface area contributed by atoms with Crippen LogP contribution in [0.1, 0.15) is 49.7 Å². The smallest absolute Gasteiger partial charge is 0.244 e. The van der Waals surface area contributed by atoms with Gasteiger partial charge < -0.3 is 16.6 Å². The normalized spacial score (nSPS) is 17.5. The molecule has 1 amide bonds. The monoisotopic (exact) mass is 442 g/mol. The fraction of sp³-hybridized carbons (Fsp3) is 0.364. The molecule has 0 aliphatic heterocycles. The Bertz CT molecular complexity index is 1220. The van der Waals surface area contributed by atoms with Gasteiger partial charge in [0.1, 0.15) is 5.60 Å². The molecule has 3 aromatic rings. The first kappa shape index (κ1) is 21.3. The van der Waals surface area contributed by atoms with Gasteiger partial charge in [0.2, 0.25) is 21.9 Å². The molecule has 2 aromatic carbocycles. The number of aliphatic hydroxyl groups is 1. The van der Waals surface area contributed by atoms with Crippen LogP contribution in [0.5, 0.6) is 0 Å². The van der Waals surface area contributed by atoms with E-state index in [0.29, 0.717) is 29.5 Å². The Balaban J connectivity index is 1.89. The molecule has 0 radical (unpaired) electrons. The first-order valence-electron chi connectivity index (χ1n) is 10.3. The van der Waals surface area contributed by atoms with E-state index in [0.717, 1.165) is 23.2 Å². The lowest BCUT2D eigenvalue weighted by molar-refractivity contribution is -0.121. The Morgan fingerprint density at radius 2 is 1.77 bits per heavy atom. The van der Waals surface area contributed by atoms with Gasteiger partial charge in [0.25, 0.3) is 0 Å². The highest BCUT2D eigenvalue weighted by Gasteiger charge is 2.36. The molecule has 164 valence electrons. The zero-order valence-corrected chi connectivity index (χ0v) is 17.9. The molecule has 1 atom stereocenters. The van der Waals surface area contributed by atoms with Crippen molar-refractivity contribution >= 4 is 32.9 Å². The van der Waals surface area contributed by atoms with Crippen LogP contribution >= 0.6 is 0 Å². The summed E-state index contributed by atoms with van der Waals surface area (Å²) in [4.78, 5) is 16.0. The minimum absolute atomic E-state index is 0.115. The quantitative estimate of drug-likeness (QED) is 0.534. The third-order valence-corrected chi connectivity index (χ3v) is 8.23. The molecule has 0 spiro atoms. The van der Waals surface area contributed by atoms with E-state index in [4.69, 9.17) is 11.5 Å². The number of hydrogen-bond acceptors (Lipinski definition) is 6. The average Bonchev–Trinajstić information content (AvgIpc) is 3.10. The van der Waals surface area contributed by atoms with E-state index in [9.17, 15) is 18.3 Å². The number of carbonyl (C=O) groups excluding carboxylic acids is 1. The van der Waals surface area contributed by atoms with E-state index >= 15 is 0 Å². The number of carbonyl (C=O) groups is 1. The van der Waals surface area contributed by atoms with E-state index in [1.54, 1.807) is 42.5 Å². The summed E-state index contributed by atoms with van der Waals surface area (Å²) < 4.78 is 27.9. The topological polar surface area (TPSA) is 141 Å². The number of aromatic nitrogens is 2. The summed E-state index contributed by atoms with van der Waals surface area (Å²) in [6, 6.07) is 13.4. The van der Waals surface area contributed by atoms with Gasteiger partial charge in [-0.1, -0.05) is 55.7 Å². The van der Waals surface area contributed by atoms with Crippen molar-refractivity contribution in [3.05, 3.63) is 59.7 Å². The Labute approximate surface area is 180 Å². The standard InChI is InChI=1S/C22H26N4O4S/c23-20(27)14-22(28,15-7-3-1-4-8-15)16-11-12-18-19(13-16)26(21(24)25-18)31(29,30)17-9-5-2-6-10-17/h1,3-4,7-8,11-13,17,28H,2,5-6,9-10,14H2,(H2,23,27)(H2,24,25). The maximum Gasteiger partial charge on any atom is 0.244 e. The predicted molar refractivity (Wildman–Crippen MR) is 119 cm³/mol. The van der Waals surface area contributed by atoms with Gasteiger partial charge in [-0.3, -0.25) is 4.79 Å². The van der Waals surface area contributed by atoms with Crippen LogP contribution < -0.4 is 11.5 Å². The van der Waals surface area contributed by atoms with Crippen LogP contribution in [-0.4, -0.2) is 33.6 Å². The van der Waals surface area contributed by atoms with Crippen LogP contribution in [0.2, 0.25) is 0 Å². The van der Waals surface area contributed by atoms with Crippen molar-refractivity contribution in [2.75, 3.05) is 5.73 Å². The molecular weight excluding hydrogens is 416 g/mol. The third-order valence-electron chi connectivity index (χ3n) is 6.02. The summed E-state index contributed by atoms with van der Waals surface area (Å²) in [6.45, 7) is 0. The summed E-state index contributed by atoms with van der Waals surface area (Å²) in [5, 5.41) is 11.0. The first-order chi connectivity index (χ1) is 14.7. The van der Waals surface area contributed by atoms with Crippen molar-refractivity contribution in [2.24, 2.45) is 5.73 Å². The summed E-state index contributed by atoms with van der Waals surface area (Å²) >= 11 is 0. The maximum atomic E-state index is 13.4. The van der Waals surface area contributed by atoms with Crippen molar-refractivity contribution in [1.82, 2.24) is 8.96 Å². The summed E-state index contributed by atoms with van der Waals surface area (Å²) in [6.07, 6.45) is 3.53. The van der Waals surface area contributed by atoms with E-state index in [1.165, 1.54) is 6.07 Å². The van der Waals surface area contributed by atoms with Gasteiger partial charge in [-0.25, -0.2) is 17.4 Å². The second-order valence-electron chi connectivity index (χ2n) is 8.11. The maximum absolute atomic E-state index is 13.4. The molecule has 4 rings (SSSR count). The van der Waals surface area contributed by atoms with Gasteiger partial charge in [0.15, 0.2) is 0 Å². The van der Waals surface area contributed by atoms with Gasteiger partial charge in [-0.2, -0.15) is 0 Å². The average molecular weight is 443 g/mol. The highest BCUT2D eigenvalue weighted by molar-refractivity contribution is 7.90. The molecule has 31 heavy (non-hydrogen) atoms. The number of rotatable bonds is 6. The van der Waals surface area contributed by atoms with E-state index < -0.39 is 26.8 Å². The van der Waals surface area contributed by atoms with Crippen LogP contribution in [0.4, 0.5) is 5.95 Å². The SMILES string of the molecule is NC(=O)CC(O)(c1ccccc1)c1ccc2nc(N)n(S(=O)(=O)C3CCCCC3)c2c1. The number of nitrogens with two attached hydrogens (primary N) is 2. The molecule has 1 saturated carbocycles. The molecule has 1 aromatic heterocycles. The van der Waals surface area contributed by atoms with Gasteiger partial charge in [-0.05, 0) is 36.1 Å². The molecular formula is C22H26N4O4S. The first-order valence-corrected chi connectivity index (χ1v) is 11.8. The Kier molecular flexibility index (Phi) is 5.49. The van der Waals surface area contributed by atoms with Gasteiger partial charge in [0, 0.05) is 0 Å². The van der Waals surface area contributed by atoms with Gasteiger partial charge in [0.05, 0.1) is 22.7 Å². The number of benzene rings is 2. The summed E-state index contributed by atoms with van der Waals surface area (Å²) in [7, 11) is -3.77. The second-order valence-corrected chi connectivity index (χ2v) is 10.2. The molecule has 8 nitrogen and oxygen atoms in total. The highest BCUT2D eigenvalue weighted by atomic mass is 32.2. The molecule has 5 N–H and O–H groups in total. The zero-order valence-electron chi connectivity index (χ0n) is 17.1. The molecule has 0 saturated heterocycles. The van der Waals surface area contributed by atoms with Crippen molar-refractivity contribution < 1.29 is 18.3 Å². The number of hydrogen-bond donors (Lipinski definition) is 3. The number of imidazole rings is 1. The van der Waals surface area contributed by atoms with Crippen LogP contribution in [0.3, 0.4) is 0 Å². The lowest BCUT2D eigenvalue weighted by Crippen LogP contribution is -2.33. The Morgan fingerprint density at radius 1 is 1.10 bits per heavy atom. The lowest BCUT2D eigenvalue weighted by atomic mass is 9.83. The van der Waals surface area contributed by atoms with E-state index in [1.807, 2.05) is 0 Å². The largest absolute Gasteiger partial charge is 0.380 e. The highest BCUT2D eigenvalue weighted by Crippen LogP contribution is 2.36. The number of fused-ring (bicyclic) bond motifs is 1. The summed E-state index contributed by atoms with van der Waals surface area (Å²) in [5.41, 5.74) is 11.2. The molecule has 1 aliphatic rings. The predicted octanol–water partition coefficient (Wildman–Crippen LogP) is 2.24. The Morgan fingerprint density at radius 3 is 2.42 bits per heavy atom. The fourth-order valence-electron chi connectivity index (χ4n) is 4.45. The van der Waals surface area contributed by atoms with Crippen molar-refractivity contribution in [2.45, 2.75) is 49.4 Å². The van der Waals surface area contributed by atoms with E-state index in [-0.39, 0.29) is 17.9 Å². The molecule has 1 fully saturated rings. The zero-order chi connectivity index (χ0) is 22.2. The third kappa shape index (κ3) is 3.79. The molecule has 0 bridgehead atoms. The Hall–Kier alpha value is -2.91. The van der Waals surface area contributed by atoms with Gasteiger partial charge >= 0.3 is 0 Å². The van der Waals surface area contributed by atoms with E-state index in [2.05, 4.69) is 4.98 Å². The van der Waals surface area contributed by atoms with Crippen molar-refractivity contribution in [3.63, 3.8) is 0 Å². The number of primary amides is 1. The number of nitrogen functional groups attached to an aromatic ring is 1. The van der Waals surface area contributed by atoms with Crippen LogP contribution in [0.15, 0.2) is 48.5 Å². The minimum Gasteiger partial charge on any atom is -0.380 e. The molecule has 1 heterocycles. The number of nitrogens with zero attached hydrogens (tertiary/aromatic N) is 2. The van der Waals surface area contributed by atoms with Crippen molar-refractivity contribution in [3.8, 4) is 0 Å².